The third kappa shape index (κ3) is 4.33. The van der Waals surface area contributed by atoms with Crippen LogP contribution < -0.4 is 21.1 Å². The molecule has 0 fully saturated rings. The number of aromatic nitrogens is 1. The maximum atomic E-state index is 6.57. The first-order valence-corrected chi connectivity index (χ1v) is 15.9. The van der Waals surface area contributed by atoms with Crippen LogP contribution in [0.1, 0.15) is 33.4 Å². The van der Waals surface area contributed by atoms with Gasteiger partial charge in [0, 0.05) is 10.8 Å². The lowest BCUT2D eigenvalue weighted by molar-refractivity contribution is 0.476. The molecule has 0 bridgehead atoms. The molecular weight excluding hydrogens is 545 g/mol. The lowest BCUT2D eigenvalue weighted by Gasteiger charge is -2.25. The predicted molar refractivity (Wildman–Crippen MR) is 192 cm³/mol. The van der Waals surface area contributed by atoms with E-state index in [2.05, 4.69) is 155 Å². The van der Waals surface area contributed by atoms with Crippen molar-refractivity contribution < 1.29 is 4.74 Å². The number of aryl methyl sites for hydroxylation is 6. The van der Waals surface area contributed by atoms with Crippen LogP contribution in [0.3, 0.4) is 0 Å². The number of rotatable bonds is 4. The van der Waals surface area contributed by atoms with Gasteiger partial charge in [-0.05, 0) is 76.9 Å². The molecule has 0 spiro atoms. The number of hydrogen-bond acceptors (Lipinski definition) is 1. The monoisotopic (exact) mass is 581 g/mol. The van der Waals surface area contributed by atoms with Crippen molar-refractivity contribution in [2.45, 2.75) is 41.5 Å². The SMILES string of the molecule is Cc1cc(C)c(B(c2ccc(-c3ccc4c(c3)Oc3cccc5c6ccccc6n-4c35)cc2)c2c(C)cc(C)cc2C)c(C)c1. The second-order valence-corrected chi connectivity index (χ2v) is 13.0. The highest BCUT2D eigenvalue weighted by molar-refractivity contribution is 6.96. The average molecular weight is 582 g/mol. The van der Waals surface area contributed by atoms with E-state index >= 15 is 0 Å². The minimum atomic E-state index is 0.160. The van der Waals surface area contributed by atoms with Crippen molar-refractivity contribution in [3.63, 3.8) is 0 Å². The number of fused-ring (bicyclic) bond motifs is 5. The smallest absolute Gasteiger partial charge is 0.242 e. The molecule has 0 unspecified atom stereocenters. The Morgan fingerprint density at radius 3 is 1.73 bits per heavy atom. The van der Waals surface area contributed by atoms with Crippen molar-refractivity contribution in [1.29, 1.82) is 0 Å². The molecular formula is C42H36BNO. The van der Waals surface area contributed by atoms with E-state index in [1.165, 1.54) is 71.6 Å². The molecule has 218 valence electrons. The molecule has 0 N–H and O–H groups in total. The van der Waals surface area contributed by atoms with E-state index in [-0.39, 0.29) is 6.71 Å². The normalized spacial score (nSPS) is 12.0. The molecule has 1 aromatic heterocycles. The minimum Gasteiger partial charge on any atom is -0.453 e. The van der Waals surface area contributed by atoms with Crippen LogP contribution in [0.25, 0.3) is 38.6 Å². The van der Waals surface area contributed by atoms with Crippen LogP contribution in [0, 0.1) is 41.5 Å². The Kier molecular flexibility index (Phi) is 6.29. The highest BCUT2D eigenvalue weighted by Crippen LogP contribution is 2.46. The van der Waals surface area contributed by atoms with E-state index in [0.29, 0.717) is 0 Å². The zero-order valence-electron chi connectivity index (χ0n) is 26.8. The van der Waals surface area contributed by atoms with Crippen LogP contribution >= 0.6 is 0 Å². The molecule has 8 rings (SSSR count). The molecule has 0 aliphatic carbocycles. The van der Waals surface area contributed by atoms with Crippen LogP contribution in [0.2, 0.25) is 0 Å². The van der Waals surface area contributed by atoms with Gasteiger partial charge >= 0.3 is 0 Å². The number of para-hydroxylation sites is 2. The van der Waals surface area contributed by atoms with Crippen LogP contribution in [-0.2, 0) is 0 Å². The fourth-order valence-corrected chi connectivity index (χ4v) is 8.04. The Morgan fingerprint density at radius 1 is 0.511 bits per heavy atom. The van der Waals surface area contributed by atoms with E-state index in [4.69, 9.17) is 4.74 Å². The van der Waals surface area contributed by atoms with Crippen molar-refractivity contribution in [1.82, 2.24) is 4.57 Å². The lowest BCUT2D eigenvalue weighted by atomic mass is 9.34. The van der Waals surface area contributed by atoms with Crippen LogP contribution in [0.5, 0.6) is 11.5 Å². The van der Waals surface area contributed by atoms with Crippen molar-refractivity contribution in [3.8, 4) is 28.3 Å². The topological polar surface area (TPSA) is 14.2 Å². The van der Waals surface area contributed by atoms with Gasteiger partial charge in [-0.1, -0.05) is 135 Å². The molecule has 0 atom stereocenters. The van der Waals surface area contributed by atoms with Gasteiger partial charge in [0.1, 0.15) is 0 Å². The Morgan fingerprint density at radius 2 is 1.09 bits per heavy atom. The zero-order chi connectivity index (χ0) is 31.0. The maximum absolute atomic E-state index is 6.57. The van der Waals surface area contributed by atoms with Crippen LogP contribution in [0.4, 0.5) is 0 Å². The highest BCUT2D eigenvalue weighted by atomic mass is 16.5. The maximum Gasteiger partial charge on any atom is 0.242 e. The van der Waals surface area contributed by atoms with Gasteiger partial charge < -0.3 is 9.30 Å². The third-order valence-electron chi connectivity index (χ3n) is 9.71. The Hall–Kier alpha value is -5.02. The summed E-state index contributed by atoms with van der Waals surface area (Å²) in [5, 5.41) is 2.47. The van der Waals surface area contributed by atoms with Crippen molar-refractivity contribution in [2.75, 3.05) is 0 Å². The lowest BCUT2D eigenvalue weighted by Crippen LogP contribution is -2.55. The van der Waals surface area contributed by atoms with Gasteiger partial charge in [0.25, 0.3) is 0 Å². The van der Waals surface area contributed by atoms with Gasteiger partial charge in [-0.3, -0.25) is 0 Å². The molecule has 2 nitrogen and oxygen atoms in total. The molecule has 0 radical (unpaired) electrons. The minimum absolute atomic E-state index is 0.160. The fourth-order valence-electron chi connectivity index (χ4n) is 8.04. The summed E-state index contributed by atoms with van der Waals surface area (Å²) in [7, 11) is 0. The number of nitrogens with zero attached hydrogens (tertiary/aromatic N) is 1. The molecule has 1 aliphatic rings. The molecule has 6 aromatic carbocycles. The zero-order valence-corrected chi connectivity index (χ0v) is 26.8. The summed E-state index contributed by atoms with van der Waals surface area (Å²) < 4.78 is 8.93. The molecule has 0 amide bonds. The van der Waals surface area contributed by atoms with Crippen molar-refractivity contribution >= 4 is 44.9 Å². The molecule has 1 aliphatic heterocycles. The largest absolute Gasteiger partial charge is 0.453 e. The molecule has 0 saturated carbocycles. The van der Waals surface area contributed by atoms with E-state index in [1.54, 1.807) is 0 Å². The van der Waals surface area contributed by atoms with Gasteiger partial charge in [0.05, 0.1) is 16.7 Å². The third-order valence-corrected chi connectivity index (χ3v) is 9.71. The van der Waals surface area contributed by atoms with Gasteiger partial charge in [0.2, 0.25) is 6.71 Å². The highest BCUT2D eigenvalue weighted by Gasteiger charge is 2.29. The standard InChI is InChI=1S/C42H36BNO/c1-25-20-27(3)40(28(4)21-25)43(41-29(5)22-26(2)23-30(41)6)33-17-14-31(15-18-33)32-16-19-37-39(24-32)45-38-13-9-11-35-34-10-7-8-12-36(34)44(37)42(35)38/h7-24H,1-6H3. The summed E-state index contributed by atoms with van der Waals surface area (Å²) in [5.41, 5.74) is 17.9. The number of benzene rings is 6. The summed E-state index contributed by atoms with van der Waals surface area (Å²) in [6, 6.07) is 40.1. The van der Waals surface area contributed by atoms with E-state index in [1.807, 2.05) is 0 Å². The van der Waals surface area contributed by atoms with E-state index in [0.717, 1.165) is 28.3 Å². The first kappa shape index (κ1) is 27.5. The molecule has 0 saturated heterocycles. The molecule has 3 heteroatoms. The Balaban J connectivity index is 1.23. The van der Waals surface area contributed by atoms with Crippen molar-refractivity contribution in [3.05, 3.63) is 143 Å². The average Bonchev–Trinajstić information content (AvgIpc) is 3.35. The molecule has 2 heterocycles. The number of hydrogen-bond donors (Lipinski definition) is 0. The quantitative estimate of drug-likeness (QED) is 0.189. The Bertz CT molecular complexity index is 2200. The van der Waals surface area contributed by atoms with E-state index in [9.17, 15) is 0 Å². The van der Waals surface area contributed by atoms with Gasteiger partial charge in [0.15, 0.2) is 11.5 Å². The second-order valence-electron chi connectivity index (χ2n) is 13.0. The molecule has 45 heavy (non-hydrogen) atoms. The van der Waals surface area contributed by atoms with E-state index < -0.39 is 0 Å². The first-order chi connectivity index (χ1) is 21.8. The summed E-state index contributed by atoms with van der Waals surface area (Å²) in [5.74, 6) is 1.78. The fraction of sp³-hybridized carbons (Fsp3) is 0.143. The first-order valence-electron chi connectivity index (χ1n) is 15.9. The van der Waals surface area contributed by atoms with Gasteiger partial charge in [-0.15, -0.1) is 0 Å². The summed E-state index contributed by atoms with van der Waals surface area (Å²) >= 11 is 0. The Labute approximate surface area is 266 Å². The van der Waals surface area contributed by atoms with Crippen molar-refractivity contribution in [2.24, 2.45) is 0 Å². The van der Waals surface area contributed by atoms with Gasteiger partial charge in [-0.25, -0.2) is 0 Å². The summed E-state index contributed by atoms with van der Waals surface area (Å²) in [4.78, 5) is 0. The number of ether oxygens (including phenoxy) is 1. The summed E-state index contributed by atoms with van der Waals surface area (Å²) in [6.07, 6.45) is 0. The van der Waals surface area contributed by atoms with Crippen LogP contribution in [-0.4, -0.2) is 11.3 Å². The second kappa shape index (κ2) is 10.3. The van der Waals surface area contributed by atoms with Crippen LogP contribution in [0.15, 0.2) is 109 Å². The predicted octanol–water partition coefficient (Wildman–Crippen LogP) is 8.92. The summed E-state index contributed by atoms with van der Waals surface area (Å²) in [6.45, 7) is 13.6. The molecule has 7 aromatic rings. The van der Waals surface area contributed by atoms with Gasteiger partial charge in [-0.2, -0.15) is 0 Å².